The second kappa shape index (κ2) is 12.0. The number of hydrogen-bond donors (Lipinski definition) is 1. The van der Waals surface area contributed by atoms with Crippen LogP contribution in [0.5, 0.6) is 0 Å². The van der Waals surface area contributed by atoms with Gasteiger partial charge in [-0.15, -0.1) is 34.9 Å². The first-order valence-corrected chi connectivity index (χ1v) is 11.2. The summed E-state index contributed by atoms with van der Waals surface area (Å²) in [5, 5.41) is 12.0. The Morgan fingerprint density at radius 1 is 1.09 bits per heavy atom. The molecule has 34 heavy (non-hydrogen) atoms. The minimum absolute atomic E-state index is 0. The molecule has 0 unspecified atom stereocenters. The Bertz CT molecular complexity index is 1320. The summed E-state index contributed by atoms with van der Waals surface area (Å²) in [5.74, 6) is 0.539. The number of fused-ring (bicyclic) bond motifs is 3. The minimum atomic E-state index is -0.125. The third kappa shape index (κ3) is 6.82. The number of aliphatic hydroxyl groups excluding tert-OH is 1. The number of rotatable bonds is 4. The Kier molecular flexibility index (Phi) is 9.66. The molecular formula is C29H31IrN2O2-. The molecule has 1 radical (unpaired) electrons. The van der Waals surface area contributed by atoms with E-state index in [4.69, 9.17) is 5.11 Å². The van der Waals surface area contributed by atoms with E-state index in [1.54, 1.807) is 6.33 Å². The number of nitrogens with zero attached hydrogens (tertiary/aromatic N) is 2. The summed E-state index contributed by atoms with van der Waals surface area (Å²) < 4.78 is 0. The van der Waals surface area contributed by atoms with Gasteiger partial charge >= 0.3 is 0 Å². The van der Waals surface area contributed by atoms with Crippen LogP contribution in [-0.2, 0) is 31.3 Å². The molecule has 0 amide bonds. The summed E-state index contributed by atoms with van der Waals surface area (Å²) in [6.45, 7) is 11.6. The average molecular weight is 632 g/mol. The molecule has 0 aliphatic carbocycles. The number of aryl methyl sites for hydroxylation is 2. The monoisotopic (exact) mass is 632 g/mol. The minimum Gasteiger partial charge on any atom is -0.512 e. The Hall–Kier alpha value is -2.88. The second-order valence-corrected chi connectivity index (χ2v) is 8.95. The van der Waals surface area contributed by atoms with Crippen molar-refractivity contribution in [2.24, 2.45) is 5.92 Å². The van der Waals surface area contributed by atoms with Gasteiger partial charge in [0.15, 0.2) is 5.78 Å². The average Bonchev–Trinajstić information content (AvgIpc) is 2.71. The van der Waals surface area contributed by atoms with Crippen molar-refractivity contribution in [1.82, 2.24) is 9.97 Å². The molecule has 0 fully saturated rings. The molecule has 0 aliphatic heterocycles. The molecule has 0 spiro atoms. The quantitative estimate of drug-likeness (QED) is 0.113. The van der Waals surface area contributed by atoms with Crippen molar-refractivity contribution < 1.29 is 30.0 Å². The first-order valence-electron chi connectivity index (χ1n) is 11.2. The zero-order chi connectivity index (χ0) is 24.1. The van der Waals surface area contributed by atoms with Crippen LogP contribution in [0, 0.1) is 25.8 Å². The van der Waals surface area contributed by atoms with Crippen LogP contribution >= 0.6 is 0 Å². The molecule has 0 aliphatic rings. The van der Waals surface area contributed by atoms with E-state index < -0.39 is 0 Å². The summed E-state index contributed by atoms with van der Waals surface area (Å²) in [6.07, 6.45) is 3.90. The topological polar surface area (TPSA) is 63.1 Å². The van der Waals surface area contributed by atoms with Gasteiger partial charge in [0.05, 0.1) is 11.3 Å². The number of carbonyl (C=O) groups is 1. The summed E-state index contributed by atoms with van der Waals surface area (Å²) in [5.41, 5.74) is 6.75. The van der Waals surface area contributed by atoms with Crippen molar-refractivity contribution in [1.29, 1.82) is 0 Å². The van der Waals surface area contributed by atoms with Gasteiger partial charge in [-0.25, -0.2) is 4.98 Å². The van der Waals surface area contributed by atoms with E-state index in [1.807, 2.05) is 0 Å². The van der Waals surface area contributed by atoms with Crippen molar-refractivity contribution in [3.8, 4) is 11.3 Å². The van der Waals surface area contributed by atoms with Crippen LogP contribution in [0.15, 0.2) is 60.6 Å². The Labute approximate surface area is 215 Å². The molecule has 0 atom stereocenters. The van der Waals surface area contributed by atoms with Crippen LogP contribution in [-0.4, -0.2) is 20.9 Å². The van der Waals surface area contributed by atoms with Gasteiger partial charge in [-0.2, -0.15) is 0 Å². The molecule has 1 heterocycles. The predicted molar refractivity (Wildman–Crippen MR) is 136 cm³/mol. The molecule has 5 heteroatoms. The van der Waals surface area contributed by atoms with Crippen LogP contribution in [0.1, 0.15) is 44.4 Å². The number of allylic oxidation sites excluding steroid dienone is 2. The van der Waals surface area contributed by atoms with E-state index in [2.05, 4.69) is 86.2 Å². The van der Waals surface area contributed by atoms with Crippen LogP contribution in [0.2, 0.25) is 0 Å². The second-order valence-electron chi connectivity index (χ2n) is 8.95. The maximum absolute atomic E-state index is 10.0. The first-order chi connectivity index (χ1) is 15.7. The van der Waals surface area contributed by atoms with Crippen molar-refractivity contribution in [3.63, 3.8) is 0 Å². The number of ketones is 1. The van der Waals surface area contributed by atoms with E-state index in [0.717, 1.165) is 34.1 Å². The van der Waals surface area contributed by atoms with Crippen molar-refractivity contribution in [3.05, 3.63) is 83.4 Å². The van der Waals surface area contributed by atoms with Crippen molar-refractivity contribution in [2.75, 3.05) is 0 Å². The molecule has 179 valence electrons. The molecule has 3 aromatic carbocycles. The molecule has 4 nitrogen and oxygen atoms in total. The number of hydrogen-bond acceptors (Lipinski definition) is 4. The van der Waals surface area contributed by atoms with Gasteiger partial charge in [0.1, 0.15) is 6.33 Å². The van der Waals surface area contributed by atoms with E-state index in [-0.39, 0.29) is 31.6 Å². The molecule has 4 aromatic rings. The van der Waals surface area contributed by atoms with Gasteiger partial charge in [-0.05, 0) is 48.2 Å². The van der Waals surface area contributed by atoms with E-state index in [9.17, 15) is 4.79 Å². The third-order valence-electron chi connectivity index (χ3n) is 5.18. The largest absolute Gasteiger partial charge is 0.512 e. The normalized spacial score (nSPS) is 11.2. The van der Waals surface area contributed by atoms with Crippen LogP contribution in [0.3, 0.4) is 0 Å². The third-order valence-corrected chi connectivity index (χ3v) is 5.18. The first kappa shape index (κ1) is 27.4. The Morgan fingerprint density at radius 2 is 1.82 bits per heavy atom. The Balaban J connectivity index is 0.000000449. The smallest absolute Gasteiger partial charge is 0.155 e. The molecule has 0 saturated heterocycles. The number of carbonyl (C=O) groups excluding carboxylic acids is 1. The summed E-state index contributed by atoms with van der Waals surface area (Å²) in [6, 6.07) is 18.6. The predicted octanol–water partition coefficient (Wildman–Crippen LogP) is 7.10. The van der Waals surface area contributed by atoms with Crippen molar-refractivity contribution >= 4 is 27.5 Å². The van der Waals surface area contributed by atoms with E-state index >= 15 is 0 Å². The molecule has 1 N–H and O–H groups in total. The fourth-order valence-electron chi connectivity index (χ4n) is 4.12. The summed E-state index contributed by atoms with van der Waals surface area (Å²) in [7, 11) is 0. The zero-order valence-electron chi connectivity index (χ0n) is 20.6. The maximum Gasteiger partial charge on any atom is 0.155 e. The van der Waals surface area contributed by atoms with Gasteiger partial charge in [-0.1, -0.05) is 58.0 Å². The summed E-state index contributed by atoms with van der Waals surface area (Å²) in [4.78, 5) is 19.3. The summed E-state index contributed by atoms with van der Waals surface area (Å²) >= 11 is 0. The number of benzene rings is 3. The van der Waals surface area contributed by atoms with Gasteiger partial charge in [0, 0.05) is 31.6 Å². The van der Waals surface area contributed by atoms with Gasteiger partial charge in [0.25, 0.3) is 0 Å². The fourth-order valence-corrected chi connectivity index (χ4v) is 4.12. The SMILES string of the molecule is CC(=O)/C=C(/C)O.Cc1[c-]c(-c2ncnc3c2ccc2cccc(CC(C)C)c23)cc(C)c1.[Ir]. The van der Waals surface area contributed by atoms with Crippen LogP contribution in [0.25, 0.3) is 32.9 Å². The van der Waals surface area contributed by atoms with Gasteiger partial charge in [-0.3, -0.25) is 9.78 Å². The standard InChI is InChI=1S/C24H23N2.C5H8O2.Ir/c1-15(2)10-19-7-5-6-18-8-9-21-23(25-14-26-24(21)22(18)19)20-12-16(3)11-17(4)13-20;1-4(6)3-5(2)7;/h5-9,11-12,14-15H,10H2,1-4H3;3,6H,1-2H3;/q-1;;/b;4-3-;. The van der Waals surface area contributed by atoms with Gasteiger partial charge in [0.2, 0.25) is 0 Å². The molecule has 0 bridgehead atoms. The van der Waals surface area contributed by atoms with Crippen molar-refractivity contribution in [2.45, 2.75) is 48.0 Å². The number of aliphatic hydroxyl groups is 1. The Morgan fingerprint density at radius 3 is 2.41 bits per heavy atom. The van der Waals surface area contributed by atoms with Gasteiger partial charge < -0.3 is 5.11 Å². The maximum atomic E-state index is 10.0. The molecule has 1 aromatic heterocycles. The fraction of sp³-hybridized carbons (Fsp3) is 0.276. The molecule has 0 saturated carbocycles. The molecule has 4 rings (SSSR count). The van der Waals surface area contributed by atoms with E-state index in [0.29, 0.717) is 5.92 Å². The van der Waals surface area contributed by atoms with E-state index in [1.165, 1.54) is 41.8 Å². The number of aromatic nitrogens is 2. The zero-order valence-corrected chi connectivity index (χ0v) is 23.0. The van der Waals surface area contributed by atoms with Crippen LogP contribution in [0.4, 0.5) is 0 Å². The molecular weight excluding hydrogens is 601 g/mol. The van der Waals surface area contributed by atoms with Crippen LogP contribution < -0.4 is 0 Å².